The fourth-order valence-electron chi connectivity index (χ4n) is 0.182. The highest BCUT2D eigenvalue weighted by atomic mass is 19.4. The van der Waals surface area contributed by atoms with Crippen LogP contribution in [0.15, 0.2) is 0 Å². The smallest absolute Gasteiger partial charge is 0.440 e. The Balaban J connectivity index is 0. The van der Waals surface area contributed by atoms with Crippen LogP contribution in [0.3, 0.4) is 0 Å². The van der Waals surface area contributed by atoms with E-state index in [0.717, 1.165) is 0 Å². The number of carbonyl (C=O) groups excluding carboxylic acids is 1. The van der Waals surface area contributed by atoms with Gasteiger partial charge in [0.1, 0.15) is 0 Å². The Morgan fingerprint density at radius 2 is 1.77 bits per heavy atom. The molecule has 0 aliphatic heterocycles. The molecule has 0 saturated carbocycles. The van der Waals surface area contributed by atoms with Crippen molar-refractivity contribution in [1.29, 1.82) is 0 Å². The predicted octanol–water partition coefficient (Wildman–Crippen LogP) is 3.02. The van der Waals surface area contributed by atoms with Crippen molar-refractivity contribution in [2.75, 3.05) is 13.3 Å². The molecule has 0 N–H and O–H groups in total. The number of rotatable bonds is 2. The maximum Gasteiger partial charge on any atom is 0.495 e. The van der Waals surface area contributed by atoms with E-state index in [1.165, 1.54) is 0 Å². The van der Waals surface area contributed by atoms with E-state index in [-0.39, 0.29) is 6.61 Å². The molecule has 7 heteroatoms. The Hall–Kier alpha value is -0.880. The minimum Gasteiger partial charge on any atom is -0.440 e. The zero-order valence-electron chi connectivity index (χ0n) is 6.83. The van der Waals surface area contributed by atoms with E-state index < -0.39 is 19.1 Å². The van der Waals surface area contributed by atoms with E-state index in [1.807, 2.05) is 0 Å². The number of carbonyl (C=O) groups is 1. The Morgan fingerprint density at radius 3 is 1.85 bits per heavy atom. The summed E-state index contributed by atoms with van der Waals surface area (Å²) >= 11 is 0. The second-order valence-corrected chi connectivity index (χ2v) is 1.83. The van der Waals surface area contributed by atoms with Gasteiger partial charge in [-0.25, -0.2) is 9.18 Å². The number of alkyl halides is 4. The zero-order chi connectivity index (χ0) is 10.9. The SMILES string of the molecule is CCCOC(=O)F.FCC(F)(F)F. The summed E-state index contributed by atoms with van der Waals surface area (Å²) in [6.07, 6.45) is -5.66. The first kappa shape index (κ1) is 14.6. The van der Waals surface area contributed by atoms with Crippen molar-refractivity contribution in [3.05, 3.63) is 0 Å². The maximum absolute atomic E-state index is 11.0. The third-order valence-electron chi connectivity index (χ3n) is 0.571. The summed E-state index contributed by atoms with van der Waals surface area (Å²) < 4.78 is 56.5. The quantitative estimate of drug-likeness (QED) is 0.515. The molecule has 0 bridgehead atoms. The predicted molar refractivity (Wildman–Crippen MR) is 34.8 cm³/mol. The monoisotopic (exact) mass is 208 g/mol. The second-order valence-electron chi connectivity index (χ2n) is 1.83. The minimum atomic E-state index is -4.62. The summed E-state index contributed by atoms with van der Waals surface area (Å²) in [6, 6.07) is 0. The minimum absolute atomic E-state index is 0.176. The van der Waals surface area contributed by atoms with Crippen LogP contribution in [-0.2, 0) is 4.74 Å². The van der Waals surface area contributed by atoms with Crippen LogP contribution in [0.1, 0.15) is 13.3 Å². The van der Waals surface area contributed by atoms with Crippen LogP contribution in [0.25, 0.3) is 0 Å². The van der Waals surface area contributed by atoms with Crippen molar-refractivity contribution in [3.8, 4) is 0 Å². The van der Waals surface area contributed by atoms with Crippen molar-refractivity contribution in [2.24, 2.45) is 0 Å². The molecule has 0 unspecified atom stereocenters. The topological polar surface area (TPSA) is 26.3 Å². The molecule has 0 spiro atoms. The molecule has 0 atom stereocenters. The van der Waals surface area contributed by atoms with Crippen LogP contribution >= 0.6 is 0 Å². The third kappa shape index (κ3) is 24.7. The first-order valence-electron chi connectivity index (χ1n) is 3.28. The van der Waals surface area contributed by atoms with Gasteiger partial charge in [0.25, 0.3) is 0 Å². The first-order valence-corrected chi connectivity index (χ1v) is 3.28. The zero-order valence-corrected chi connectivity index (χ0v) is 6.83. The van der Waals surface area contributed by atoms with Crippen LogP contribution in [0.2, 0.25) is 0 Å². The van der Waals surface area contributed by atoms with E-state index in [0.29, 0.717) is 6.42 Å². The molecule has 0 fully saturated rings. The summed E-state index contributed by atoms with van der Waals surface area (Å²) in [7, 11) is 0. The number of halogens is 5. The Morgan fingerprint density at radius 1 is 1.38 bits per heavy atom. The van der Waals surface area contributed by atoms with Gasteiger partial charge in [-0.05, 0) is 6.42 Å². The fraction of sp³-hybridized carbons (Fsp3) is 0.833. The van der Waals surface area contributed by atoms with E-state index >= 15 is 0 Å². The first-order chi connectivity index (χ1) is 5.83. The summed E-state index contributed by atoms with van der Waals surface area (Å²) in [5.41, 5.74) is 0. The normalized spacial score (nSPS) is 10.0. The molecular formula is C6H9F5O2. The van der Waals surface area contributed by atoms with Crippen LogP contribution in [0, 0.1) is 0 Å². The molecule has 2 nitrogen and oxygen atoms in total. The van der Waals surface area contributed by atoms with Gasteiger partial charge in [-0.2, -0.15) is 13.2 Å². The molecule has 0 rings (SSSR count). The molecule has 80 valence electrons. The standard InChI is InChI=1S/C4H7FO2.C2H2F4/c1-2-3-7-4(5)6;3-1-2(4,5)6/h2-3H2,1H3;1H2. The summed E-state index contributed by atoms with van der Waals surface area (Å²) in [4.78, 5) is 9.31. The highest BCUT2D eigenvalue weighted by Crippen LogP contribution is 2.13. The number of hydrogen-bond donors (Lipinski definition) is 0. The lowest BCUT2D eigenvalue weighted by molar-refractivity contribution is -0.142. The molecule has 13 heavy (non-hydrogen) atoms. The van der Waals surface area contributed by atoms with Crippen LogP contribution < -0.4 is 0 Å². The Bertz CT molecular complexity index is 133. The summed E-state index contributed by atoms with van der Waals surface area (Å²) in [5.74, 6) is 0. The van der Waals surface area contributed by atoms with Gasteiger partial charge < -0.3 is 4.74 Å². The average molecular weight is 208 g/mol. The Labute approximate surface area is 71.7 Å². The molecule has 0 saturated heterocycles. The van der Waals surface area contributed by atoms with Gasteiger partial charge in [0.05, 0.1) is 6.61 Å². The summed E-state index contributed by atoms with van der Waals surface area (Å²) in [6.45, 7) is -0.259. The molecule has 0 aliphatic carbocycles. The average Bonchev–Trinajstić information content (AvgIpc) is 2.01. The van der Waals surface area contributed by atoms with E-state index in [9.17, 15) is 26.7 Å². The van der Waals surface area contributed by atoms with Gasteiger partial charge in [0.15, 0.2) is 6.67 Å². The van der Waals surface area contributed by atoms with Gasteiger partial charge >= 0.3 is 12.4 Å². The number of hydrogen-bond acceptors (Lipinski definition) is 2. The molecular weight excluding hydrogens is 199 g/mol. The fourth-order valence-corrected chi connectivity index (χ4v) is 0.182. The molecule has 0 aromatic rings. The van der Waals surface area contributed by atoms with Crippen LogP contribution in [-0.4, -0.2) is 25.7 Å². The van der Waals surface area contributed by atoms with E-state index in [4.69, 9.17) is 0 Å². The third-order valence-corrected chi connectivity index (χ3v) is 0.571. The lowest BCUT2D eigenvalue weighted by Crippen LogP contribution is -2.08. The molecule has 0 radical (unpaired) electrons. The highest BCUT2D eigenvalue weighted by Gasteiger charge is 2.26. The lowest BCUT2D eigenvalue weighted by atomic mass is 10.5. The van der Waals surface area contributed by atoms with E-state index in [1.54, 1.807) is 6.92 Å². The van der Waals surface area contributed by atoms with Crippen molar-refractivity contribution in [1.82, 2.24) is 0 Å². The molecule has 0 heterocycles. The molecule has 0 aliphatic rings. The lowest BCUT2D eigenvalue weighted by Gasteiger charge is -1.93. The second kappa shape index (κ2) is 7.75. The van der Waals surface area contributed by atoms with Crippen LogP contribution in [0.4, 0.5) is 26.7 Å². The maximum atomic E-state index is 11.0. The molecule has 0 aromatic heterocycles. The number of ether oxygens (including phenoxy) is 1. The molecule has 0 aromatic carbocycles. The van der Waals surface area contributed by atoms with Crippen LogP contribution in [0.5, 0.6) is 0 Å². The van der Waals surface area contributed by atoms with Crippen molar-refractivity contribution < 1.29 is 31.5 Å². The van der Waals surface area contributed by atoms with Crippen molar-refractivity contribution in [2.45, 2.75) is 19.5 Å². The van der Waals surface area contributed by atoms with Crippen molar-refractivity contribution in [3.63, 3.8) is 0 Å². The molecule has 0 amide bonds. The van der Waals surface area contributed by atoms with Gasteiger partial charge in [-0.3, -0.25) is 0 Å². The highest BCUT2D eigenvalue weighted by molar-refractivity contribution is 5.57. The van der Waals surface area contributed by atoms with Gasteiger partial charge in [0, 0.05) is 0 Å². The largest absolute Gasteiger partial charge is 0.495 e. The summed E-state index contributed by atoms with van der Waals surface area (Å²) in [5, 5.41) is 0. The van der Waals surface area contributed by atoms with Gasteiger partial charge in [-0.1, -0.05) is 6.92 Å². The Kier molecular flexibility index (Phi) is 8.73. The van der Waals surface area contributed by atoms with E-state index in [2.05, 4.69) is 4.74 Å². The van der Waals surface area contributed by atoms with Crippen molar-refractivity contribution >= 4 is 6.22 Å². The van der Waals surface area contributed by atoms with Gasteiger partial charge in [-0.15, -0.1) is 4.39 Å². The van der Waals surface area contributed by atoms with Gasteiger partial charge in [0.2, 0.25) is 0 Å².